The Balaban J connectivity index is 2.40. The fraction of sp³-hybridized carbons (Fsp3) is 0.684. The second-order valence-corrected chi connectivity index (χ2v) is 23.0. The summed E-state index contributed by atoms with van der Waals surface area (Å²) in [6, 6.07) is -4.16. The van der Waals surface area contributed by atoms with Crippen LogP contribution in [0.1, 0.15) is 131 Å². The third-order valence-electron chi connectivity index (χ3n) is 14.6. The maximum atomic E-state index is 14.5. The Kier molecular flexibility index (Phi) is 33.9. The van der Waals surface area contributed by atoms with Gasteiger partial charge >= 0.3 is 5.97 Å². The number of guanidine groups is 2. The molecule has 0 spiro atoms. The molecule has 1 aliphatic rings. The summed E-state index contributed by atoms with van der Waals surface area (Å²) in [5.74, 6) is -10.3. The smallest absolute Gasteiger partial charge is 0.326 e. The molecule has 9 amide bonds. The van der Waals surface area contributed by atoms with Gasteiger partial charge in [0.05, 0.1) is 12.1 Å². The van der Waals surface area contributed by atoms with Crippen molar-refractivity contribution < 1.29 is 58.2 Å². The van der Waals surface area contributed by atoms with E-state index in [1.165, 1.54) is 11.8 Å². The monoisotopic (exact) mass is 1230 g/mol. The van der Waals surface area contributed by atoms with Gasteiger partial charge in [0.2, 0.25) is 53.2 Å². The van der Waals surface area contributed by atoms with E-state index in [4.69, 9.17) is 40.1 Å². The second kappa shape index (κ2) is 39.2. The largest absolute Gasteiger partial charge is 0.480 e. The molecule has 1 aliphatic heterocycles. The molecule has 30 heteroatoms. The van der Waals surface area contributed by atoms with E-state index in [0.717, 1.165) is 0 Å². The lowest BCUT2D eigenvalue weighted by molar-refractivity contribution is -0.142. The number of unbranched alkanes of at least 4 members (excludes halogenated alkanes) is 2. The van der Waals surface area contributed by atoms with E-state index in [1.54, 1.807) is 71.9 Å². The SMILES string of the molecule is CC(C)[C@H](NC(=O)[C@H](Cc1ccccc1)NC(=O)[C@@H](NC(=O)[C@@H](NC(=O)[C@@H]1CCCN1C(=O)[C@@H](N)CCCN=C(N)N)C(C)C)C(C)C)C(=O)N[C@H](C(=O)N[C@@H](CCCN=C(N)N)C(=O)N[C@@H](CCCCN)C(=O)N[C@@H](CCCCN)C(=O)O)[C@@H](C)O. The molecule has 1 saturated heterocycles. The van der Waals surface area contributed by atoms with E-state index in [-0.39, 0.29) is 76.6 Å². The second-order valence-electron chi connectivity index (χ2n) is 23.0. The Morgan fingerprint density at radius 3 is 1.41 bits per heavy atom. The number of carbonyl (C=O) groups is 10. The number of rotatable bonds is 40. The highest BCUT2D eigenvalue weighted by atomic mass is 16.4. The quantitative estimate of drug-likeness (QED) is 0.0170. The topological polar surface area (TPSA) is 517 Å². The number of aliphatic hydroxyl groups excluding tert-OH is 1. The van der Waals surface area contributed by atoms with Gasteiger partial charge in [0.25, 0.3) is 0 Å². The molecule has 1 heterocycles. The molecular formula is C57H100N18O12. The van der Waals surface area contributed by atoms with Crippen molar-refractivity contribution in [1.29, 1.82) is 0 Å². The van der Waals surface area contributed by atoms with Crippen LogP contribution in [0, 0.1) is 17.8 Å². The molecule has 87 heavy (non-hydrogen) atoms. The van der Waals surface area contributed by atoms with Gasteiger partial charge in [-0.05, 0) is 120 Å². The van der Waals surface area contributed by atoms with Crippen molar-refractivity contribution in [3.63, 3.8) is 0 Å². The zero-order valence-electron chi connectivity index (χ0n) is 51.6. The first-order chi connectivity index (χ1) is 41.0. The molecule has 490 valence electrons. The van der Waals surface area contributed by atoms with Crippen molar-refractivity contribution in [3.8, 4) is 0 Å². The molecule has 11 atom stereocenters. The number of carbonyl (C=O) groups excluding carboxylic acids is 9. The zero-order valence-corrected chi connectivity index (χ0v) is 51.6. The molecule has 1 fully saturated rings. The Bertz CT molecular complexity index is 2460. The summed E-state index contributed by atoms with van der Waals surface area (Å²) in [6.45, 7) is 12.3. The molecule has 0 unspecified atom stereocenters. The van der Waals surface area contributed by atoms with Crippen molar-refractivity contribution >= 4 is 71.1 Å². The molecule has 0 bridgehead atoms. The van der Waals surface area contributed by atoms with Crippen LogP contribution in [0.15, 0.2) is 40.3 Å². The van der Waals surface area contributed by atoms with Crippen molar-refractivity contribution in [2.45, 2.75) is 198 Å². The number of aliphatic carboxylic acids is 1. The van der Waals surface area contributed by atoms with Crippen LogP contribution < -0.4 is 82.7 Å². The van der Waals surface area contributed by atoms with E-state index < -0.39 is 143 Å². The summed E-state index contributed by atoms with van der Waals surface area (Å²) in [6.07, 6.45) is 1.69. The van der Waals surface area contributed by atoms with E-state index >= 15 is 0 Å². The number of nitrogens with one attached hydrogen (secondary N) is 8. The predicted molar refractivity (Wildman–Crippen MR) is 328 cm³/mol. The molecule has 1 aromatic rings. The Hall–Kier alpha value is -7.70. The van der Waals surface area contributed by atoms with Gasteiger partial charge in [0, 0.05) is 26.1 Å². The highest BCUT2D eigenvalue weighted by molar-refractivity contribution is 5.99. The maximum absolute atomic E-state index is 14.5. The van der Waals surface area contributed by atoms with Crippen molar-refractivity contribution in [3.05, 3.63) is 35.9 Å². The van der Waals surface area contributed by atoms with Gasteiger partial charge in [-0.3, -0.25) is 53.1 Å². The molecule has 1 aromatic carbocycles. The molecule has 30 nitrogen and oxygen atoms in total. The lowest BCUT2D eigenvalue weighted by Gasteiger charge is -2.31. The maximum Gasteiger partial charge on any atom is 0.326 e. The van der Waals surface area contributed by atoms with Gasteiger partial charge in [-0.25, -0.2) is 4.79 Å². The van der Waals surface area contributed by atoms with Gasteiger partial charge in [-0.2, -0.15) is 0 Å². The van der Waals surface area contributed by atoms with E-state index in [2.05, 4.69) is 52.5 Å². The summed E-state index contributed by atoms with van der Waals surface area (Å²) in [7, 11) is 0. The third kappa shape index (κ3) is 26.8. The molecule has 0 aliphatic carbocycles. The summed E-state index contributed by atoms with van der Waals surface area (Å²) in [5.41, 5.74) is 39.9. The average molecular weight is 1230 g/mol. The number of hydrogen-bond donors (Lipinski definition) is 17. The first-order valence-corrected chi connectivity index (χ1v) is 30.0. The van der Waals surface area contributed by atoms with E-state index in [1.807, 2.05) is 0 Å². The van der Waals surface area contributed by atoms with Crippen LogP contribution in [0.4, 0.5) is 0 Å². The summed E-state index contributed by atoms with van der Waals surface area (Å²) >= 11 is 0. The Labute approximate surface area is 510 Å². The Morgan fingerprint density at radius 2 is 0.931 bits per heavy atom. The number of benzene rings is 1. The minimum atomic E-state index is -1.75. The molecule has 0 radical (unpaired) electrons. The fourth-order valence-corrected chi connectivity index (χ4v) is 9.57. The van der Waals surface area contributed by atoms with Crippen LogP contribution in [0.25, 0.3) is 0 Å². The van der Waals surface area contributed by atoms with E-state index in [9.17, 15) is 58.2 Å². The molecule has 0 aromatic heterocycles. The number of carboxylic acids is 1. The number of likely N-dealkylation sites (tertiary alicyclic amines) is 1. The number of hydrogen-bond acceptors (Lipinski definition) is 16. The van der Waals surface area contributed by atoms with Crippen molar-refractivity contribution in [2.24, 2.45) is 67.9 Å². The minimum absolute atomic E-state index is 0.0160. The number of nitrogens with two attached hydrogens (primary N) is 7. The third-order valence-corrected chi connectivity index (χ3v) is 14.6. The minimum Gasteiger partial charge on any atom is -0.480 e. The lowest BCUT2D eigenvalue weighted by Crippen LogP contribution is -2.63. The average Bonchev–Trinajstić information content (AvgIpc) is 2.45. The van der Waals surface area contributed by atoms with Crippen LogP contribution in [-0.2, 0) is 54.4 Å². The Morgan fingerprint density at radius 1 is 0.529 bits per heavy atom. The molecule has 0 saturated carbocycles. The van der Waals surface area contributed by atoms with Crippen LogP contribution in [0.2, 0.25) is 0 Å². The van der Waals surface area contributed by atoms with Gasteiger partial charge in [0.15, 0.2) is 11.9 Å². The van der Waals surface area contributed by atoms with Crippen molar-refractivity contribution in [2.75, 3.05) is 32.7 Å². The highest BCUT2D eigenvalue weighted by Gasteiger charge is 2.40. The number of carboxylic acid groups (broad SMARTS) is 1. The van der Waals surface area contributed by atoms with Crippen LogP contribution in [0.3, 0.4) is 0 Å². The number of amides is 9. The zero-order chi connectivity index (χ0) is 65.5. The van der Waals surface area contributed by atoms with Gasteiger partial charge in [-0.1, -0.05) is 71.9 Å². The summed E-state index contributed by atoms with van der Waals surface area (Å²) < 4.78 is 0. The number of aliphatic hydroxyl groups is 1. The lowest BCUT2D eigenvalue weighted by atomic mass is 9.97. The standard InChI is InChI=1S/C57H100N18O12/c1-31(2)42(73-51(82)44(33(5)6)72-49(80)41-24-17-29-75(41)54(85)36(60)20-15-27-65-56(61)62)50(81)70-40(30-35-18-9-8-10-19-35)48(79)71-43(32(3)4)52(83)74-45(34(7)76)53(84)68-38(23-16-28-66-57(63)64)46(77)67-37(21-11-13-25-58)47(78)69-39(55(86)87)22-12-14-26-59/h8-10,18-19,31-34,36-45,76H,11-17,20-30,58-60H2,1-7H3,(H,67,77)(H,68,84)(H,69,78)(H,70,81)(H,71,79)(H,72,80)(H,73,82)(H,74,83)(H,86,87)(H4,61,62,65)(H4,63,64,66)/t34-,36+,37+,38+,39+,40+,41+,42+,43+,44+,45+/m1/s1. The summed E-state index contributed by atoms with van der Waals surface area (Å²) in [4.78, 5) is 148. The highest BCUT2D eigenvalue weighted by Crippen LogP contribution is 2.21. The fourth-order valence-electron chi connectivity index (χ4n) is 9.57. The first kappa shape index (κ1) is 75.4. The number of nitrogens with zero attached hydrogens (tertiary/aromatic N) is 3. The van der Waals surface area contributed by atoms with Crippen LogP contribution in [0.5, 0.6) is 0 Å². The van der Waals surface area contributed by atoms with Crippen molar-refractivity contribution in [1.82, 2.24) is 47.4 Å². The molecule has 24 N–H and O–H groups in total. The normalized spacial score (nSPS) is 16.5. The first-order valence-electron chi connectivity index (χ1n) is 30.0. The van der Waals surface area contributed by atoms with Crippen LogP contribution >= 0.6 is 0 Å². The van der Waals surface area contributed by atoms with Gasteiger partial charge in [0.1, 0.15) is 54.4 Å². The van der Waals surface area contributed by atoms with E-state index in [0.29, 0.717) is 57.1 Å². The van der Waals surface area contributed by atoms with Gasteiger partial charge in [-0.15, -0.1) is 0 Å². The molecule has 2 rings (SSSR count). The predicted octanol–water partition coefficient (Wildman–Crippen LogP) is -3.78. The summed E-state index contributed by atoms with van der Waals surface area (Å²) in [5, 5.41) is 42.0. The van der Waals surface area contributed by atoms with Gasteiger partial charge < -0.3 is 97.8 Å². The molecular weight excluding hydrogens is 1130 g/mol. The van der Waals surface area contributed by atoms with Crippen LogP contribution in [-0.4, -0.2) is 185 Å². The number of aliphatic imine (C=N–C) groups is 2.